The van der Waals surface area contributed by atoms with E-state index in [0.717, 1.165) is 19.9 Å². The summed E-state index contributed by atoms with van der Waals surface area (Å²) in [4.78, 5) is 3.73. The lowest BCUT2D eigenvalue weighted by atomic mass is 9.82. The summed E-state index contributed by atoms with van der Waals surface area (Å²) in [6.07, 6.45) is -5.83. The number of allylic oxidation sites excluding steroid dienone is 1. The molecule has 33 heavy (non-hydrogen) atoms. The second-order valence-electron chi connectivity index (χ2n) is 7.61. The average Bonchev–Trinajstić information content (AvgIpc) is 2.65. The van der Waals surface area contributed by atoms with Gasteiger partial charge in [-0.15, -0.1) is 0 Å². The molecule has 1 aromatic heterocycles. The van der Waals surface area contributed by atoms with E-state index in [4.69, 9.17) is 9.05 Å². The van der Waals surface area contributed by atoms with E-state index in [1.807, 2.05) is 0 Å². The van der Waals surface area contributed by atoms with Crippen LogP contribution < -0.4 is 0 Å². The van der Waals surface area contributed by atoms with Crippen molar-refractivity contribution >= 4 is 12.9 Å². The lowest BCUT2D eigenvalue weighted by Crippen LogP contribution is -2.61. The molecule has 0 fully saturated rings. The molecule has 0 atom stereocenters. The van der Waals surface area contributed by atoms with Crippen LogP contribution in [0.3, 0.4) is 0 Å². The molecule has 0 amide bonds. The van der Waals surface area contributed by atoms with Gasteiger partial charge in [0.05, 0.1) is 18.5 Å². The first-order valence-corrected chi connectivity index (χ1v) is 11.1. The normalized spacial score (nSPS) is 15.1. The van der Waals surface area contributed by atoms with Crippen LogP contribution in [0, 0.1) is 5.41 Å². The first kappa shape index (κ1) is 29.4. The van der Waals surface area contributed by atoms with Gasteiger partial charge in [-0.05, 0) is 37.0 Å². The smallest absolute Gasteiger partial charge is 0.305 e. The first-order chi connectivity index (χ1) is 14.8. The Balaban J connectivity index is 3.58. The van der Waals surface area contributed by atoms with Crippen molar-refractivity contribution in [1.29, 1.82) is 0 Å². The van der Waals surface area contributed by atoms with Crippen LogP contribution in [-0.2, 0) is 13.6 Å². The lowest BCUT2D eigenvalue weighted by molar-refractivity contribution is -0.398. The zero-order valence-corrected chi connectivity index (χ0v) is 18.9. The number of alkyl halides is 9. The molecule has 0 saturated heterocycles. The average molecular weight is 515 g/mol. The molecule has 0 radical (unpaired) electrons. The number of rotatable bonds is 11. The largest absolute Gasteiger partial charge is 0.460 e. The number of hydrogen-bond acceptors (Lipinski definition) is 4. The maximum Gasteiger partial charge on any atom is 0.460 e. The van der Waals surface area contributed by atoms with Crippen LogP contribution in [0.15, 0.2) is 30.6 Å². The predicted octanol–water partition coefficient (Wildman–Crippen LogP) is 7.57. The zero-order valence-electron chi connectivity index (χ0n) is 18.0. The number of pyridine rings is 1. The SMILES string of the molecule is CCOP(=O)(OCC)/C(=C/C(C)(C)CC(F)(F)C(F)(F)C(F)(F)C(F)(F)F)c1ccncc1. The maximum absolute atomic E-state index is 14.3. The summed E-state index contributed by atoms with van der Waals surface area (Å²) in [7, 11) is -4.24. The fraction of sp³-hybridized carbons (Fsp3) is 0.632. The second-order valence-corrected chi connectivity index (χ2v) is 9.61. The van der Waals surface area contributed by atoms with E-state index in [1.54, 1.807) is 0 Å². The Kier molecular flexibility index (Phi) is 8.88. The highest BCUT2D eigenvalue weighted by Crippen LogP contribution is 2.62. The Morgan fingerprint density at radius 2 is 1.36 bits per heavy atom. The molecule has 14 heteroatoms. The molecular formula is C19H23F9NO3P. The molecule has 1 aromatic rings. The number of nitrogens with zero attached hydrogens (tertiary/aromatic N) is 1. The Hall–Kier alpha value is -1.59. The topological polar surface area (TPSA) is 48.4 Å². The van der Waals surface area contributed by atoms with Crippen molar-refractivity contribution in [2.75, 3.05) is 13.2 Å². The van der Waals surface area contributed by atoms with Gasteiger partial charge in [0.1, 0.15) is 0 Å². The summed E-state index contributed by atoms with van der Waals surface area (Å²) < 4.78 is 143. The molecule has 190 valence electrons. The van der Waals surface area contributed by atoms with Crippen LogP contribution in [0.25, 0.3) is 5.31 Å². The Bertz CT molecular complexity index is 861. The number of halogens is 9. The lowest BCUT2D eigenvalue weighted by Gasteiger charge is -2.37. The number of aromatic nitrogens is 1. The van der Waals surface area contributed by atoms with E-state index in [-0.39, 0.29) is 24.1 Å². The first-order valence-electron chi connectivity index (χ1n) is 9.51. The standard InChI is InChI=1S/C19H23F9NO3P/c1-5-31-33(30,32-6-2)14(13-7-9-29-10-8-13)11-15(3,4)12-16(20,21)17(22,23)18(24,25)19(26,27)28/h7-11H,5-6,12H2,1-4H3/b14-11+. The van der Waals surface area contributed by atoms with E-state index in [1.165, 1.54) is 38.4 Å². The third-order valence-electron chi connectivity index (χ3n) is 4.28. The van der Waals surface area contributed by atoms with Crippen molar-refractivity contribution < 1.29 is 53.1 Å². The minimum atomic E-state index is -7.00. The van der Waals surface area contributed by atoms with Gasteiger partial charge in [-0.25, -0.2) is 0 Å². The highest BCUT2D eigenvalue weighted by atomic mass is 31.2. The van der Waals surface area contributed by atoms with Crippen molar-refractivity contribution in [2.45, 2.75) is 58.1 Å². The minimum Gasteiger partial charge on any atom is -0.305 e. The van der Waals surface area contributed by atoms with Crippen LogP contribution in [0.1, 0.15) is 39.7 Å². The molecule has 0 bridgehead atoms. The van der Waals surface area contributed by atoms with Crippen molar-refractivity contribution in [3.05, 3.63) is 36.2 Å². The molecule has 0 spiro atoms. The van der Waals surface area contributed by atoms with Crippen LogP contribution >= 0.6 is 7.60 Å². The van der Waals surface area contributed by atoms with Crippen molar-refractivity contribution in [3.8, 4) is 0 Å². The Labute approximate surface area is 184 Å². The quantitative estimate of drug-likeness (QED) is 0.225. The van der Waals surface area contributed by atoms with E-state index >= 15 is 0 Å². The molecule has 0 unspecified atom stereocenters. The Morgan fingerprint density at radius 3 is 1.76 bits per heavy atom. The van der Waals surface area contributed by atoms with E-state index in [2.05, 4.69) is 4.98 Å². The molecule has 1 heterocycles. The second kappa shape index (κ2) is 9.95. The van der Waals surface area contributed by atoms with Gasteiger partial charge < -0.3 is 9.05 Å². The Morgan fingerprint density at radius 1 is 0.909 bits per heavy atom. The van der Waals surface area contributed by atoms with Crippen LogP contribution in [0.4, 0.5) is 39.5 Å². The van der Waals surface area contributed by atoms with Gasteiger partial charge in [0, 0.05) is 18.8 Å². The van der Waals surface area contributed by atoms with Crippen molar-refractivity contribution in [3.63, 3.8) is 0 Å². The summed E-state index contributed by atoms with van der Waals surface area (Å²) >= 11 is 0. The van der Waals surface area contributed by atoms with Crippen molar-refractivity contribution in [2.24, 2.45) is 5.41 Å². The van der Waals surface area contributed by atoms with Crippen LogP contribution in [0.5, 0.6) is 0 Å². The number of hydrogen-bond donors (Lipinski definition) is 0. The minimum absolute atomic E-state index is 0.0685. The summed E-state index contributed by atoms with van der Waals surface area (Å²) in [6.45, 7) is 4.29. The van der Waals surface area contributed by atoms with Crippen molar-refractivity contribution in [1.82, 2.24) is 4.98 Å². The summed E-state index contributed by atoms with van der Waals surface area (Å²) in [6, 6.07) is 2.55. The summed E-state index contributed by atoms with van der Waals surface area (Å²) in [5, 5.41) is -0.361. The third-order valence-corrected chi connectivity index (χ3v) is 6.46. The summed E-state index contributed by atoms with van der Waals surface area (Å²) in [5.41, 5.74) is -2.11. The van der Waals surface area contributed by atoms with Gasteiger partial charge in [0.15, 0.2) is 0 Å². The molecule has 0 N–H and O–H groups in total. The van der Waals surface area contributed by atoms with Gasteiger partial charge >= 0.3 is 31.5 Å². The third kappa shape index (κ3) is 6.30. The molecule has 0 aromatic carbocycles. The van der Waals surface area contributed by atoms with Crippen LogP contribution in [-0.4, -0.2) is 42.1 Å². The van der Waals surface area contributed by atoms with Gasteiger partial charge in [-0.3, -0.25) is 9.55 Å². The monoisotopic (exact) mass is 515 g/mol. The molecular weight excluding hydrogens is 492 g/mol. The fourth-order valence-corrected chi connectivity index (χ4v) is 4.88. The zero-order chi connectivity index (χ0) is 25.9. The van der Waals surface area contributed by atoms with E-state index in [9.17, 15) is 44.1 Å². The predicted molar refractivity (Wildman–Crippen MR) is 102 cm³/mol. The highest BCUT2D eigenvalue weighted by Gasteiger charge is 2.81. The molecule has 0 aliphatic carbocycles. The fourth-order valence-electron chi connectivity index (χ4n) is 2.87. The van der Waals surface area contributed by atoms with Crippen LogP contribution in [0.2, 0.25) is 0 Å². The molecule has 0 aliphatic heterocycles. The maximum atomic E-state index is 14.3. The highest BCUT2D eigenvalue weighted by molar-refractivity contribution is 7.65. The van der Waals surface area contributed by atoms with Gasteiger partial charge in [0.2, 0.25) is 0 Å². The molecule has 1 rings (SSSR count). The molecule has 0 aliphatic rings. The van der Waals surface area contributed by atoms with E-state index in [0.29, 0.717) is 0 Å². The van der Waals surface area contributed by atoms with Gasteiger partial charge in [0.25, 0.3) is 0 Å². The molecule has 4 nitrogen and oxygen atoms in total. The van der Waals surface area contributed by atoms with Gasteiger partial charge in [-0.1, -0.05) is 19.9 Å². The van der Waals surface area contributed by atoms with Gasteiger partial charge in [-0.2, -0.15) is 39.5 Å². The van der Waals surface area contributed by atoms with E-state index < -0.39 is 43.4 Å². The summed E-state index contributed by atoms with van der Waals surface area (Å²) in [5.74, 6) is -19.6. The molecule has 0 saturated carbocycles.